The number of fused-ring (bicyclic) bond motifs is 3. The van der Waals surface area contributed by atoms with E-state index in [0.717, 1.165) is 60.8 Å². The molecule has 3 N–H and O–H groups in total. The number of amides is 1. The van der Waals surface area contributed by atoms with Crippen LogP contribution in [0.1, 0.15) is 86.8 Å². The lowest BCUT2D eigenvalue weighted by atomic mass is 9.55. The molecule has 0 radical (unpaired) electrons. The van der Waals surface area contributed by atoms with Crippen molar-refractivity contribution >= 4 is 11.8 Å². The minimum Gasteiger partial charge on any atom is -0.508 e. The van der Waals surface area contributed by atoms with Crippen LogP contribution in [-0.2, 0) is 36.9 Å². The van der Waals surface area contributed by atoms with Gasteiger partial charge in [0.15, 0.2) is 11.5 Å². The van der Waals surface area contributed by atoms with Crippen LogP contribution in [0, 0.1) is 17.8 Å². The molecule has 7 atom stereocenters. The van der Waals surface area contributed by atoms with Crippen LogP contribution in [0.3, 0.4) is 0 Å². The van der Waals surface area contributed by atoms with Crippen LogP contribution in [0.2, 0.25) is 0 Å². The topological polar surface area (TPSA) is 167 Å². The van der Waals surface area contributed by atoms with Crippen molar-refractivity contribution in [2.45, 2.75) is 101 Å². The maximum Gasteiger partial charge on any atom is 0.410 e. The van der Waals surface area contributed by atoms with Crippen molar-refractivity contribution in [2.24, 2.45) is 22.9 Å². The van der Waals surface area contributed by atoms with Crippen molar-refractivity contribution < 1.29 is 58.1 Å². The Kier molecular flexibility index (Phi) is 15.4. The number of unbranched alkanes of at least 4 members (excludes halogenated alkanes) is 2. The fourth-order valence-corrected chi connectivity index (χ4v) is 10.1. The van der Waals surface area contributed by atoms with Gasteiger partial charge in [-0.25, -0.2) is 4.79 Å². The van der Waals surface area contributed by atoms with Gasteiger partial charge in [-0.1, -0.05) is 66.5 Å². The molecule has 64 heavy (non-hydrogen) atoms. The van der Waals surface area contributed by atoms with E-state index in [1.165, 1.54) is 0 Å². The number of phenols is 1. The summed E-state index contributed by atoms with van der Waals surface area (Å²) in [5, 5.41) is 35.9. The normalized spacial score (nSPS) is 26.0. The van der Waals surface area contributed by atoms with Crippen molar-refractivity contribution in [2.75, 3.05) is 46.4 Å². The SMILES string of the molecule is C=CCO[C@@]12Oc3ccc(O)cc3[C@H]3[C@H](CCCCO)[C@@H](CCCCO)C=C(C(=NOC4CCCCO4)C[C@@H]1N(Cc1ccc4c(c1)OCO4)C(=O)OCCOCc1ccccc1)[C@H]32. The molecule has 3 heterocycles. The first-order valence-corrected chi connectivity index (χ1v) is 22.9. The predicted octanol–water partition coefficient (Wildman–Crippen LogP) is 8.14. The Morgan fingerprint density at radius 2 is 1.73 bits per heavy atom. The molecule has 0 spiro atoms. The van der Waals surface area contributed by atoms with E-state index in [1.807, 2.05) is 48.5 Å². The molecule has 8 rings (SSSR count). The largest absolute Gasteiger partial charge is 0.508 e. The number of rotatable bonds is 21. The summed E-state index contributed by atoms with van der Waals surface area (Å²) >= 11 is 0. The number of hydrogen-bond acceptors (Lipinski definition) is 13. The molecule has 3 aliphatic heterocycles. The van der Waals surface area contributed by atoms with Gasteiger partial charge in [-0.15, -0.1) is 6.58 Å². The first-order valence-electron chi connectivity index (χ1n) is 22.9. The predicted molar refractivity (Wildman–Crippen MR) is 237 cm³/mol. The van der Waals surface area contributed by atoms with Gasteiger partial charge in [0.25, 0.3) is 0 Å². The van der Waals surface area contributed by atoms with E-state index in [1.54, 1.807) is 29.2 Å². The Labute approximate surface area is 375 Å². The number of carbonyl (C=O) groups is 1. The molecule has 344 valence electrons. The smallest absolute Gasteiger partial charge is 0.410 e. The van der Waals surface area contributed by atoms with Gasteiger partial charge in [0.2, 0.25) is 18.9 Å². The lowest BCUT2D eigenvalue weighted by molar-refractivity contribution is -0.256. The minimum absolute atomic E-state index is 0.00577. The lowest BCUT2D eigenvalue weighted by Gasteiger charge is -2.59. The molecule has 14 heteroatoms. The zero-order valence-electron chi connectivity index (χ0n) is 36.5. The van der Waals surface area contributed by atoms with Gasteiger partial charge in [0, 0.05) is 44.1 Å². The average molecular weight is 883 g/mol. The zero-order chi connectivity index (χ0) is 44.3. The van der Waals surface area contributed by atoms with E-state index < -0.39 is 30.1 Å². The van der Waals surface area contributed by atoms with Crippen LogP contribution in [0.25, 0.3) is 0 Å². The van der Waals surface area contributed by atoms with E-state index in [4.69, 9.17) is 43.2 Å². The van der Waals surface area contributed by atoms with E-state index in [-0.39, 0.29) is 76.3 Å². The molecule has 14 nitrogen and oxygen atoms in total. The average Bonchev–Trinajstić information content (AvgIpc) is 3.79. The molecule has 3 aromatic carbocycles. The molecule has 0 bridgehead atoms. The van der Waals surface area contributed by atoms with Crippen LogP contribution >= 0.6 is 0 Å². The molecule has 2 fully saturated rings. The first-order chi connectivity index (χ1) is 31.4. The second-order valence-corrected chi connectivity index (χ2v) is 17.2. The van der Waals surface area contributed by atoms with Crippen molar-refractivity contribution in [1.82, 2.24) is 4.90 Å². The summed E-state index contributed by atoms with van der Waals surface area (Å²) in [6.45, 7) is 5.56. The Balaban J connectivity index is 1.25. The van der Waals surface area contributed by atoms with Crippen LogP contribution in [0.15, 0.2) is 96.2 Å². The zero-order valence-corrected chi connectivity index (χ0v) is 36.5. The summed E-state index contributed by atoms with van der Waals surface area (Å²) in [7, 11) is 0. The summed E-state index contributed by atoms with van der Waals surface area (Å²) in [5.41, 5.74) is 4.11. The van der Waals surface area contributed by atoms with Gasteiger partial charge >= 0.3 is 6.09 Å². The molecule has 1 saturated heterocycles. The van der Waals surface area contributed by atoms with E-state index in [2.05, 4.69) is 12.7 Å². The minimum atomic E-state index is -1.53. The van der Waals surface area contributed by atoms with E-state index >= 15 is 0 Å². The summed E-state index contributed by atoms with van der Waals surface area (Å²) < 4.78 is 43.8. The third kappa shape index (κ3) is 10.2. The molecular formula is C50H62N2O12. The molecule has 3 aromatic rings. The van der Waals surface area contributed by atoms with Gasteiger partial charge < -0.3 is 53.3 Å². The summed E-state index contributed by atoms with van der Waals surface area (Å²) in [5.74, 6) is -0.540. The van der Waals surface area contributed by atoms with Gasteiger partial charge in [-0.3, -0.25) is 4.90 Å². The van der Waals surface area contributed by atoms with Gasteiger partial charge in [-0.05, 0) is 97.4 Å². The highest BCUT2D eigenvalue weighted by molar-refractivity contribution is 6.03. The molecule has 5 aliphatic rings. The number of aromatic hydroxyl groups is 1. The number of aliphatic hydroxyl groups is 2. The third-order valence-electron chi connectivity index (χ3n) is 13.0. The molecule has 1 unspecified atom stereocenters. The van der Waals surface area contributed by atoms with Crippen LogP contribution in [0.4, 0.5) is 4.79 Å². The summed E-state index contributed by atoms with van der Waals surface area (Å²) in [6, 6.07) is 19.7. The number of oxime groups is 1. The Morgan fingerprint density at radius 1 is 0.922 bits per heavy atom. The Hall–Kier alpha value is -5.12. The Bertz CT molecular complexity index is 2090. The Morgan fingerprint density at radius 3 is 2.53 bits per heavy atom. The van der Waals surface area contributed by atoms with Crippen LogP contribution in [0.5, 0.6) is 23.0 Å². The molecule has 1 amide bonds. The van der Waals surface area contributed by atoms with Crippen molar-refractivity contribution in [3.05, 3.63) is 108 Å². The van der Waals surface area contributed by atoms with Crippen molar-refractivity contribution in [1.29, 1.82) is 0 Å². The number of phenolic OH excluding ortho intramolecular Hbond substituents is 1. The number of ether oxygens (including phenoxy) is 7. The highest BCUT2D eigenvalue weighted by atomic mass is 16.8. The monoisotopic (exact) mass is 882 g/mol. The number of aliphatic hydroxyl groups excluding tert-OH is 2. The molecular weight excluding hydrogens is 821 g/mol. The quantitative estimate of drug-likeness (QED) is 0.0535. The second kappa shape index (κ2) is 21.7. The maximum absolute atomic E-state index is 15.0. The number of allylic oxidation sites excluding steroid dienone is 1. The van der Waals surface area contributed by atoms with Crippen LogP contribution < -0.4 is 14.2 Å². The first kappa shape index (κ1) is 45.4. The van der Waals surface area contributed by atoms with Gasteiger partial charge in [0.1, 0.15) is 24.1 Å². The standard InChI is InChI=1S/C50H62N2O12/c1-2-23-62-50-45(52(31-35-17-19-43-44(27-35)61-33-60-43)49(56)59-26-25-57-32-34-12-4-3-5-13-34)30-41(51-64-46-16-8-11-24-58-46)39-28-36(14-6-9-21-53)38(15-7-10-22-54)47(48(39)50)40-29-37(55)18-20-42(40)63-50/h2-5,12-13,17-20,27-29,36,38,45-48,53-55H,1,6-11,14-16,21-26,30-33H2/t36-,38+,45-,46?,47+,48+,50+/m0/s1. The van der Waals surface area contributed by atoms with Gasteiger partial charge in [-0.2, -0.15) is 0 Å². The third-order valence-corrected chi connectivity index (χ3v) is 13.0. The number of hydrogen-bond donors (Lipinski definition) is 3. The number of benzene rings is 3. The molecule has 2 aliphatic carbocycles. The highest BCUT2D eigenvalue weighted by Gasteiger charge is 2.65. The van der Waals surface area contributed by atoms with Crippen molar-refractivity contribution in [3.63, 3.8) is 0 Å². The van der Waals surface area contributed by atoms with E-state index in [9.17, 15) is 20.1 Å². The lowest BCUT2D eigenvalue weighted by Crippen LogP contribution is -2.70. The van der Waals surface area contributed by atoms with Gasteiger partial charge in [0.05, 0.1) is 38.1 Å². The maximum atomic E-state index is 15.0. The van der Waals surface area contributed by atoms with Crippen molar-refractivity contribution in [3.8, 4) is 23.0 Å². The number of carbonyl (C=O) groups excluding carboxylic acids is 1. The second-order valence-electron chi connectivity index (χ2n) is 17.2. The molecule has 0 aromatic heterocycles. The fraction of sp³-hybridized carbons (Fsp3) is 0.520. The number of nitrogens with zero attached hydrogens (tertiary/aromatic N) is 2. The highest BCUT2D eigenvalue weighted by Crippen LogP contribution is 2.62. The van der Waals surface area contributed by atoms with E-state index in [0.29, 0.717) is 55.4 Å². The fourth-order valence-electron chi connectivity index (χ4n) is 10.1. The summed E-state index contributed by atoms with van der Waals surface area (Å²) in [6.07, 6.45) is 9.99. The van der Waals surface area contributed by atoms with Crippen LogP contribution in [-0.4, -0.2) is 96.6 Å². The molecule has 1 saturated carbocycles. The summed E-state index contributed by atoms with van der Waals surface area (Å²) in [4.78, 5) is 22.9.